The van der Waals surface area contributed by atoms with Crippen molar-refractivity contribution in [1.29, 1.82) is 0 Å². The van der Waals surface area contributed by atoms with Crippen LogP contribution in [0.4, 0.5) is 13.2 Å². The number of oxazole rings is 1. The first-order valence-corrected chi connectivity index (χ1v) is 8.64. The molecular weight excluding hydrogens is 488 g/mol. The number of alkyl halides is 3. The third-order valence-corrected chi connectivity index (χ3v) is 3.34. The number of hydrogen-bond donors (Lipinski definition) is 2. The number of benzene rings is 1. The second-order valence-corrected chi connectivity index (χ2v) is 5.65. The van der Waals surface area contributed by atoms with Gasteiger partial charge < -0.3 is 19.8 Å². The van der Waals surface area contributed by atoms with Crippen LogP contribution in [0.25, 0.3) is 11.5 Å². The predicted octanol–water partition coefficient (Wildman–Crippen LogP) is 3.98. The van der Waals surface area contributed by atoms with Crippen LogP contribution in [-0.4, -0.2) is 43.4 Å². The van der Waals surface area contributed by atoms with Crippen LogP contribution in [0.15, 0.2) is 46.0 Å². The molecule has 156 valence electrons. The van der Waals surface area contributed by atoms with Gasteiger partial charge in [-0.2, -0.15) is 13.2 Å². The first-order chi connectivity index (χ1) is 13.0. The monoisotopic (exact) mass is 512 g/mol. The standard InChI is InChI=1S/C18H23F3N4O2.HI/c1-2-22-17(23-9-6-10-26-13-18(19,20)21)24-11-15-12-27-16(25-15)14-7-4-3-5-8-14;/h3-5,7-8,12H,2,6,9-11,13H2,1H3,(H2,22,23,24);1H. The van der Waals surface area contributed by atoms with Crippen LogP contribution in [0.2, 0.25) is 0 Å². The van der Waals surface area contributed by atoms with Gasteiger partial charge in [-0.1, -0.05) is 18.2 Å². The molecule has 0 aliphatic carbocycles. The Balaban J connectivity index is 0.00000392. The van der Waals surface area contributed by atoms with Crippen molar-refractivity contribution in [1.82, 2.24) is 15.6 Å². The molecular formula is C18H24F3IN4O2. The lowest BCUT2D eigenvalue weighted by atomic mass is 10.2. The summed E-state index contributed by atoms with van der Waals surface area (Å²) in [6.45, 7) is 2.14. The Hall–Kier alpha value is -1.82. The van der Waals surface area contributed by atoms with Crippen LogP contribution in [0.5, 0.6) is 0 Å². The molecule has 2 N–H and O–H groups in total. The van der Waals surface area contributed by atoms with Crippen LogP contribution in [0.1, 0.15) is 19.0 Å². The van der Waals surface area contributed by atoms with Crippen molar-refractivity contribution in [2.24, 2.45) is 4.99 Å². The van der Waals surface area contributed by atoms with Crippen molar-refractivity contribution in [2.75, 3.05) is 26.3 Å². The highest BCUT2D eigenvalue weighted by atomic mass is 127. The Bertz CT molecular complexity index is 708. The van der Waals surface area contributed by atoms with Gasteiger partial charge in [-0.3, -0.25) is 0 Å². The van der Waals surface area contributed by atoms with E-state index in [1.54, 1.807) is 6.26 Å². The van der Waals surface area contributed by atoms with Crippen molar-refractivity contribution >= 4 is 29.9 Å². The Labute approximate surface area is 179 Å². The molecule has 0 atom stereocenters. The summed E-state index contributed by atoms with van der Waals surface area (Å²) in [5.74, 6) is 1.08. The second-order valence-electron chi connectivity index (χ2n) is 5.65. The average molecular weight is 512 g/mol. The van der Waals surface area contributed by atoms with Gasteiger partial charge in [0, 0.05) is 25.3 Å². The Kier molecular flexibility index (Phi) is 10.9. The lowest BCUT2D eigenvalue weighted by Gasteiger charge is -2.11. The molecule has 1 heterocycles. The minimum atomic E-state index is -4.29. The summed E-state index contributed by atoms with van der Waals surface area (Å²) in [4.78, 5) is 8.80. The summed E-state index contributed by atoms with van der Waals surface area (Å²) in [6, 6.07) is 9.54. The van der Waals surface area contributed by atoms with Gasteiger partial charge in [-0.25, -0.2) is 9.98 Å². The smallest absolute Gasteiger partial charge is 0.411 e. The van der Waals surface area contributed by atoms with Crippen LogP contribution >= 0.6 is 24.0 Å². The largest absolute Gasteiger partial charge is 0.444 e. The van der Waals surface area contributed by atoms with Gasteiger partial charge in [-0.15, -0.1) is 24.0 Å². The van der Waals surface area contributed by atoms with Gasteiger partial charge in [0.05, 0.1) is 6.54 Å². The van der Waals surface area contributed by atoms with E-state index in [1.165, 1.54) is 0 Å². The van der Waals surface area contributed by atoms with Gasteiger partial charge in [0.2, 0.25) is 5.89 Å². The third-order valence-electron chi connectivity index (χ3n) is 3.34. The first kappa shape index (κ1) is 24.2. The van der Waals surface area contributed by atoms with E-state index >= 15 is 0 Å². The van der Waals surface area contributed by atoms with E-state index in [2.05, 4.69) is 25.3 Å². The van der Waals surface area contributed by atoms with E-state index in [0.29, 0.717) is 43.6 Å². The number of nitrogens with one attached hydrogen (secondary N) is 2. The number of guanidine groups is 1. The number of hydrogen-bond acceptors (Lipinski definition) is 4. The second kappa shape index (κ2) is 12.6. The molecule has 2 rings (SSSR count). The number of aliphatic imine (C=N–C) groups is 1. The lowest BCUT2D eigenvalue weighted by Crippen LogP contribution is -2.38. The van der Waals surface area contributed by atoms with Crippen molar-refractivity contribution in [3.05, 3.63) is 42.3 Å². The molecule has 28 heavy (non-hydrogen) atoms. The van der Waals surface area contributed by atoms with E-state index in [4.69, 9.17) is 4.42 Å². The van der Waals surface area contributed by atoms with E-state index in [0.717, 1.165) is 5.56 Å². The molecule has 1 aromatic carbocycles. The van der Waals surface area contributed by atoms with Crippen molar-refractivity contribution in [2.45, 2.75) is 26.1 Å². The van der Waals surface area contributed by atoms with Crippen molar-refractivity contribution in [3.63, 3.8) is 0 Å². The van der Waals surface area contributed by atoms with Gasteiger partial charge in [0.1, 0.15) is 18.6 Å². The van der Waals surface area contributed by atoms with E-state index < -0.39 is 12.8 Å². The van der Waals surface area contributed by atoms with Gasteiger partial charge in [-0.05, 0) is 25.5 Å². The minimum Gasteiger partial charge on any atom is -0.444 e. The fourth-order valence-corrected chi connectivity index (χ4v) is 2.16. The zero-order valence-corrected chi connectivity index (χ0v) is 17.8. The van der Waals surface area contributed by atoms with E-state index in [1.807, 2.05) is 37.3 Å². The van der Waals surface area contributed by atoms with Crippen LogP contribution < -0.4 is 10.6 Å². The van der Waals surface area contributed by atoms with Gasteiger partial charge in [0.25, 0.3) is 0 Å². The summed E-state index contributed by atoms with van der Waals surface area (Å²) in [5.41, 5.74) is 1.57. The van der Waals surface area contributed by atoms with Crippen LogP contribution in [-0.2, 0) is 11.3 Å². The zero-order valence-electron chi connectivity index (χ0n) is 15.5. The molecule has 1 aromatic heterocycles. The Morgan fingerprint density at radius 1 is 1.21 bits per heavy atom. The molecule has 0 saturated heterocycles. The molecule has 0 fully saturated rings. The Morgan fingerprint density at radius 2 is 1.96 bits per heavy atom. The van der Waals surface area contributed by atoms with E-state index in [9.17, 15) is 13.2 Å². The summed E-state index contributed by atoms with van der Waals surface area (Å²) < 4.78 is 46.0. The maximum absolute atomic E-state index is 12.0. The predicted molar refractivity (Wildman–Crippen MR) is 112 cm³/mol. The minimum absolute atomic E-state index is 0. The molecule has 2 aromatic rings. The molecule has 10 heteroatoms. The van der Waals surface area contributed by atoms with E-state index in [-0.39, 0.29) is 30.6 Å². The van der Waals surface area contributed by atoms with Gasteiger partial charge in [0.15, 0.2) is 5.96 Å². The SMILES string of the molecule is CCNC(=NCc1coc(-c2ccccc2)n1)NCCCOCC(F)(F)F.I. The maximum atomic E-state index is 12.0. The van der Waals surface area contributed by atoms with Crippen molar-refractivity contribution in [3.8, 4) is 11.5 Å². The molecule has 0 saturated carbocycles. The highest BCUT2D eigenvalue weighted by Gasteiger charge is 2.27. The normalized spacial score (nSPS) is 11.8. The molecule has 0 bridgehead atoms. The maximum Gasteiger partial charge on any atom is 0.411 e. The van der Waals surface area contributed by atoms with Crippen LogP contribution in [0.3, 0.4) is 0 Å². The number of ether oxygens (including phenoxy) is 1. The fraction of sp³-hybridized carbons (Fsp3) is 0.444. The summed E-state index contributed by atoms with van der Waals surface area (Å²) in [7, 11) is 0. The molecule has 0 radical (unpaired) electrons. The number of aromatic nitrogens is 1. The molecule has 6 nitrogen and oxygen atoms in total. The quantitative estimate of drug-likeness (QED) is 0.230. The first-order valence-electron chi connectivity index (χ1n) is 8.64. The zero-order chi connectivity index (χ0) is 19.5. The number of nitrogens with zero attached hydrogens (tertiary/aromatic N) is 2. The summed E-state index contributed by atoms with van der Waals surface area (Å²) in [6.07, 6.45) is -2.30. The average Bonchev–Trinajstić information content (AvgIpc) is 3.11. The third kappa shape index (κ3) is 9.40. The molecule has 0 spiro atoms. The number of rotatable bonds is 9. The molecule has 0 amide bonds. The molecule has 0 aliphatic heterocycles. The highest BCUT2D eigenvalue weighted by molar-refractivity contribution is 14.0. The van der Waals surface area contributed by atoms with Crippen molar-refractivity contribution < 1.29 is 22.3 Å². The number of halogens is 4. The van der Waals surface area contributed by atoms with Gasteiger partial charge >= 0.3 is 6.18 Å². The van der Waals surface area contributed by atoms with Crippen LogP contribution in [0, 0.1) is 0 Å². The lowest BCUT2D eigenvalue weighted by molar-refractivity contribution is -0.173. The fourth-order valence-electron chi connectivity index (χ4n) is 2.16. The summed E-state index contributed by atoms with van der Waals surface area (Å²) >= 11 is 0. The topological polar surface area (TPSA) is 71.7 Å². The Morgan fingerprint density at radius 3 is 2.64 bits per heavy atom. The molecule has 0 unspecified atom stereocenters. The highest BCUT2D eigenvalue weighted by Crippen LogP contribution is 2.18. The molecule has 0 aliphatic rings. The summed E-state index contributed by atoms with van der Waals surface area (Å²) in [5, 5.41) is 6.11.